The number of rotatable bonds is 4. The van der Waals surface area contributed by atoms with Crippen molar-refractivity contribution in [3.63, 3.8) is 0 Å². The number of benzene rings is 1. The molecule has 6 nitrogen and oxygen atoms in total. The summed E-state index contributed by atoms with van der Waals surface area (Å²) in [4.78, 5) is 26.0. The van der Waals surface area contributed by atoms with E-state index in [9.17, 15) is 14.7 Å². The number of carbonyl (C=O) groups is 1. The van der Waals surface area contributed by atoms with Crippen LogP contribution in [0.4, 0.5) is 0 Å². The highest BCUT2D eigenvalue weighted by molar-refractivity contribution is 6.13. The highest BCUT2D eigenvalue weighted by atomic mass is 16.4. The molecule has 0 atom stereocenters. The van der Waals surface area contributed by atoms with Gasteiger partial charge in [0.15, 0.2) is 5.43 Å². The predicted octanol–water partition coefficient (Wildman–Crippen LogP) is 6.66. The summed E-state index contributed by atoms with van der Waals surface area (Å²) in [5.41, 5.74) is 5.29. The average Bonchev–Trinajstić information content (AvgIpc) is 3.36. The molecule has 0 saturated heterocycles. The third-order valence-electron chi connectivity index (χ3n) is 5.41. The maximum Gasteiger partial charge on any atom is 0.341 e. The molecule has 1 N–H and O–H groups in total. The molecule has 0 spiro atoms. The second kappa shape index (κ2) is 12.8. The highest BCUT2D eigenvalue weighted by Crippen LogP contribution is 2.39. The van der Waals surface area contributed by atoms with Gasteiger partial charge in [0.2, 0.25) is 0 Å². The molecule has 0 bridgehead atoms. The summed E-state index contributed by atoms with van der Waals surface area (Å²) in [5.74, 6) is -0.390. The van der Waals surface area contributed by atoms with Crippen LogP contribution in [0.1, 0.15) is 67.4 Å². The lowest BCUT2D eigenvalue weighted by atomic mass is 9.90. The normalized spacial score (nSPS) is 13.6. The quantitative estimate of drug-likeness (QED) is 0.442. The number of hydrogen-bond donors (Lipinski definition) is 1. The van der Waals surface area contributed by atoms with Gasteiger partial charge in [0, 0.05) is 43.5 Å². The summed E-state index contributed by atoms with van der Waals surface area (Å²) in [5, 5.41) is 9.34. The van der Waals surface area contributed by atoms with Crippen molar-refractivity contribution in [2.75, 3.05) is 13.6 Å². The zero-order valence-electron chi connectivity index (χ0n) is 22.5. The topological polar surface area (TPSA) is 75.7 Å². The standard InChI is InChI=1S/C24H22N2O4.C4H10.C2H6/c1-15-4-6-17(7-5-15)16(2)22(18-8-11-30-14-18)23-20-12-21(27)19(24(28)29)13-26(20)10-9-25(23)3;1-4(2)3;1-2/h4-8,11-14H,2,9-10H2,1,3H3,(H,28,29);4H,1-3H3;1-2H3/b23-22+;;. The number of likely N-dealkylation sites (N-methyl/N-ethyl adjacent to an activating group) is 1. The van der Waals surface area contributed by atoms with Gasteiger partial charge in [-0.1, -0.05) is 71.0 Å². The molecule has 0 fully saturated rings. The highest BCUT2D eigenvalue weighted by Gasteiger charge is 2.26. The van der Waals surface area contributed by atoms with Gasteiger partial charge in [-0.05, 0) is 30.0 Å². The van der Waals surface area contributed by atoms with Crippen molar-refractivity contribution in [2.24, 2.45) is 5.92 Å². The zero-order chi connectivity index (χ0) is 27.0. The number of aromatic nitrogens is 1. The minimum Gasteiger partial charge on any atom is -0.477 e. The lowest BCUT2D eigenvalue weighted by molar-refractivity contribution is 0.0694. The first-order chi connectivity index (χ1) is 17.1. The lowest BCUT2D eigenvalue weighted by Crippen LogP contribution is -2.33. The van der Waals surface area contributed by atoms with Crippen LogP contribution in [-0.2, 0) is 6.54 Å². The molecule has 0 radical (unpaired) electrons. The second-order valence-corrected chi connectivity index (χ2v) is 9.17. The largest absolute Gasteiger partial charge is 0.477 e. The van der Waals surface area contributed by atoms with Crippen LogP contribution < -0.4 is 5.43 Å². The van der Waals surface area contributed by atoms with Gasteiger partial charge in [-0.2, -0.15) is 0 Å². The second-order valence-electron chi connectivity index (χ2n) is 9.17. The van der Waals surface area contributed by atoms with E-state index in [-0.39, 0.29) is 5.56 Å². The maximum atomic E-state index is 12.5. The number of hydrogen-bond acceptors (Lipinski definition) is 4. The molecule has 4 rings (SSSR count). The minimum absolute atomic E-state index is 0.232. The molecule has 1 aromatic carbocycles. The molecule has 192 valence electrons. The molecular weight excluding hydrogens is 452 g/mol. The van der Waals surface area contributed by atoms with Crippen molar-refractivity contribution < 1.29 is 14.3 Å². The first-order valence-corrected chi connectivity index (χ1v) is 12.3. The van der Waals surface area contributed by atoms with Crippen LogP contribution in [-0.4, -0.2) is 34.1 Å². The molecule has 3 aromatic rings. The Morgan fingerprint density at radius 1 is 1.06 bits per heavy atom. The number of carboxylic acid groups (broad SMARTS) is 1. The van der Waals surface area contributed by atoms with Crippen molar-refractivity contribution in [3.05, 3.63) is 99.9 Å². The number of aryl methyl sites for hydroxylation is 1. The summed E-state index contributed by atoms with van der Waals surface area (Å²) in [6.07, 6.45) is 4.68. The fourth-order valence-electron chi connectivity index (χ4n) is 3.77. The first-order valence-electron chi connectivity index (χ1n) is 12.3. The third-order valence-corrected chi connectivity index (χ3v) is 5.41. The Kier molecular flexibility index (Phi) is 10.1. The van der Waals surface area contributed by atoms with E-state index in [2.05, 4.69) is 32.3 Å². The van der Waals surface area contributed by atoms with Crippen molar-refractivity contribution in [1.82, 2.24) is 9.47 Å². The summed E-state index contributed by atoms with van der Waals surface area (Å²) >= 11 is 0. The molecule has 2 aromatic heterocycles. The molecule has 1 aliphatic rings. The Morgan fingerprint density at radius 2 is 1.67 bits per heavy atom. The van der Waals surface area contributed by atoms with Gasteiger partial charge < -0.3 is 19.0 Å². The molecule has 0 unspecified atom stereocenters. The fourth-order valence-corrected chi connectivity index (χ4v) is 3.77. The van der Waals surface area contributed by atoms with Crippen molar-refractivity contribution in [3.8, 4) is 0 Å². The van der Waals surface area contributed by atoms with E-state index in [4.69, 9.17) is 4.42 Å². The number of carboxylic acids is 1. The summed E-state index contributed by atoms with van der Waals surface area (Å²) in [7, 11) is 1.96. The van der Waals surface area contributed by atoms with Gasteiger partial charge in [0.25, 0.3) is 0 Å². The summed E-state index contributed by atoms with van der Waals surface area (Å²) in [6, 6.07) is 11.3. The van der Waals surface area contributed by atoms with Crippen molar-refractivity contribution in [1.29, 1.82) is 0 Å². The van der Waals surface area contributed by atoms with Crippen LogP contribution in [0, 0.1) is 12.8 Å². The van der Waals surface area contributed by atoms with Gasteiger partial charge in [0.05, 0.1) is 23.9 Å². The third kappa shape index (κ3) is 6.66. The molecule has 6 heteroatoms. The van der Waals surface area contributed by atoms with Crippen LogP contribution in [0.2, 0.25) is 0 Å². The number of allylic oxidation sites excluding steroid dienone is 2. The number of fused-ring (bicyclic) bond motifs is 1. The Labute approximate surface area is 214 Å². The number of nitrogens with zero attached hydrogens (tertiary/aromatic N) is 2. The SMILES string of the molecule is C=C(/C(=C1/c2cc(=O)c(C(=O)O)cn2CCN1C)c1ccoc1)c1ccc(C)cc1.CC.CC(C)C. The van der Waals surface area contributed by atoms with E-state index in [0.29, 0.717) is 18.8 Å². The van der Waals surface area contributed by atoms with E-state index in [1.165, 1.54) is 12.3 Å². The van der Waals surface area contributed by atoms with Gasteiger partial charge in [-0.3, -0.25) is 4.79 Å². The Hall–Kier alpha value is -3.80. The van der Waals surface area contributed by atoms with Crippen LogP contribution in [0.25, 0.3) is 16.8 Å². The Balaban J connectivity index is 0.000000694. The minimum atomic E-state index is -1.22. The van der Waals surface area contributed by atoms with E-state index in [0.717, 1.165) is 39.5 Å². The summed E-state index contributed by atoms with van der Waals surface area (Å²) in [6.45, 7) is 18.1. The summed E-state index contributed by atoms with van der Waals surface area (Å²) < 4.78 is 7.17. The molecular formula is C30H38N2O4. The van der Waals surface area contributed by atoms with Crippen LogP contribution in [0.15, 0.2) is 70.9 Å². The molecule has 0 aliphatic carbocycles. The van der Waals surface area contributed by atoms with Crippen molar-refractivity contribution in [2.45, 2.75) is 48.1 Å². The zero-order valence-corrected chi connectivity index (χ0v) is 22.5. The van der Waals surface area contributed by atoms with Gasteiger partial charge in [-0.25, -0.2) is 4.79 Å². The maximum absolute atomic E-state index is 12.5. The van der Waals surface area contributed by atoms with Crippen LogP contribution in [0.5, 0.6) is 0 Å². The van der Waals surface area contributed by atoms with Gasteiger partial charge >= 0.3 is 5.97 Å². The number of pyridine rings is 1. The molecule has 0 amide bonds. The van der Waals surface area contributed by atoms with E-state index >= 15 is 0 Å². The van der Waals surface area contributed by atoms with E-state index < -0.39 is 11.4 Å². The van der Waals surface area contributed by atoms with Crippen molar-refractivity contribution >= 4 is 22.8 Å². The van der Waals surface area contributed by atoms with Crippen LogP contribution in [0.3, 0.4) is 0 Å². The average molecular weight is 491 g/mol. The first kappa shape index (κ1) is 28.4. The van der Waals surface area contributed by atoms with E-state index in [1.807, 2.05) is 62.7 Å². The monoisotopic (exact) mass is 490 g/mol. The predicted molar refractivity (Wildman–Crippen MR) is 148 cm³/mol. The fraction of sp³-hybridized carbons (Fsp3) is 0.333. The number of aromatic carboxylic acids is 1. The van der Waals surface area contributed by atoms with E-state index in [1.54, 1.807) is 12.5 Å². The molecule has 0 saturated carbocycles. The lowest BCUT2D eigenvalue weighted by Gasteiger charge is -2.34. The smallest absolute Gasteiger partial charge is 0.341 e. The van der Waals surface area contributed by atoms with Gasteiger partial charge in [-0.15, -0.1) is 0 Å². The Bertz CT molecular complexity index is 1260. The van der Waals surface area contributed by atoms with Crippen LogP contribution >= 0.6 is 0 Å². The molecule has 1 aliphatic heterocycles. The van der Waals surface area contributed by atoms with Gasteiger partial charge in [0.1, 0.15) is 5.56 Å². The number of furan rings is 1. The molecule has 3 heterocycles. The Morgan fingerprint density at radius 3 is 2.19 bits per heavy atom. The molecule has 36 heavy (non-hydrogen) atoms.